The summed E-state index contributed by atoms with van der Waals surface area (Å²) >= 11 is 0. The molecular formula is C11H8N4O2. The van der Waals surface area contributed by atoms with Gasteiger partial charge in [0.15, 0.2) is 0 Å². The maximum atomic E-state index is 12.1. The van der Waals surface area contributed by atoms with Crippen molar-refractivity contribution >= 4 is 10.9 Å². The summed E-state index contributed by atoms with van der Waals surface area (Å²) in [7, 11) is 0. The zero-order valence-electron chi connectivity index (χ0n) is 8.99. The van der Waals surface area contributed by atoms with Gasteiger partial charge in [0.05, 0.1) is 11.1 Å². The Morgan fingerprint density at radius 2 is 2.12 bits per heavy atom. The quantitative estimate of drug-likeness (QED) is 0.623. The molecule has 2 heterocycles. The first-order valence-electron chi connectivity index (χ1n) is 5.04. The van der Waals surface area contributed by atoms with E-state index >= 15 is 0 Å². The van der Waals surface area contributed by atoms with E-state index in [4.69, 9.17) is 4.52 Å². The van der Waals surface area contributed by atoms with Crippen molar-refractivity contribution in [1.29, 1.82) is 0 Å². The summed E-state index contributed by atoms with van der Waals surface area (Å²) in [5.41, 5.74) is 0.971. The van der Waals surface area contributed by atoms with Crippen molar-refractivity contribution in [1.82, 2.24) is 20.2 Å². The number of hydrogen-bond donors (Lipinski definition) is 0. The number of nitrogens with zero attached hydrogens (tertiary/aromatic N) is 4. The van der Waals surface area contributed by atoms with Crippen LogP contribution in [0.5, 0.6) is 0 Å². The van der Waals surface area contributed by atoms with Crippen LogP contribution in [0.1, 0.15) is 5.69 Å². The fourth-order valence-electron chi connectivity index (χ4n) is 1.58. The van der Waals surface area contributed by atoms with Crippen molar-refractivity contribution in [2.45, 2.75) is 6.92 Å². The largest absolute Gasteiger partial charge is 0.336 e. The van der Waals surface area contributed by atoms with E-state index in [1.54, 1.807) is 37.3 Å². The number of fused-ring (bicyclic) bond motifs is 1. The highest BCUT2D eigenvalue weighted by Gasteiger charge is 2.10. The Kier molecular flexibility index (Phi) is 2.01. The molecule has 0 amide bonds. The maximum absolute atomic E-state index is 12.1. The van der Waals surface area contributed by atoms with Gasteiger partial charge in [0, 0.05) is 6.07 Å². The Hall–Kier alpha value is -2.50. The Balaban J connectivity index is 2.32. The zero-order chi connectivity index (χ0) is 11.8. The molecule has 3 rings (SSSR count). The highest BCUT2D eigenvalue weighted by molar-refractivity contribution is 5.76. The first-order chi connectivity index (χ1) is 8.25. The smallest absolute Gasteiger partial charge is 0.285 e. The molecule has 84 valence electrons. The number of aryl methyl sites for hydroxylation is 1. The first kappa shape index (κ1) is 9.71. The molecule has 0 N–H and O–H groups in total. The average Bonchev–Trinajstić information content (AvgIpc) is 2.77. The molecule has 0 saturated carbocycles. The summed E-state index contributed by atoms with van der Waals surface area (Å²) in [6, 6.07) is 8.65. The SMILES string of the molecule is Cc1cc(-n2nnc3ccccc3c2=O)on1. The van der Waals surface area contributed by atoms with Crippen LogP contribution in [0.3, 0.4) is 0 Å². The molecule has 6 heteroatoms. The van der Waals surface area contributed by atoms with Gasteiger partial charge in [0.1, 0.15) is 5.52 Å². The highest BCUT2D eigenvalue weighted by atomic mass is 16.5. The number of rotatable bonds is 1. The zero-order valence-corrected chi connectivity index (χ0v) is 8.99. The van der Waals surface area contributed by atoms with Crippen molar-refractivity contribution in [2.75, 3.05) is 0 Å². The maximum Gasteiger partial charge on any atom is 0.285 e. The van der Waals surface area contributed by atoms with E-state index in [0.29, 0.717) is 16.6 Å². The van der Waals surface area contributed by atoms with Crippen molar-refractivity contribution < 1.29 is 4.52 Å². The van der Waals surface area contributed by atoms with Gasteiger partial charge in [-0.2, -0.15) is 0 Å². The lowest BCUT2D eigenvalue weighted by atomic mass is 10.2. The van der Waals surface area contributed by atoms with Crippen molar-refractivity contribution in [3.63, 3.8) is 0 Å². The minimum absolute atomic E-state index is 0.269. The van der Waals surface area contributed by atoms with Crippen LogP contribution < -0.4 is 5.56 Å². The van der Waals surface area contributed by atoms with E-state index in [2.05, 4.69) is 15.5 Å². The van der Waals surface area contributed by atoms with Gasteiger partial charge >= 0.3 is 0 Å². The molecule has 0 aliphatic carbocycles. The minimum Gasteiger partial charge on any atom is -0.336 e. The van der Waals surface area contributed by atoms with E-state index < -0.39 is 0 Å². The summed E-state index contributed by atoms with van der Waals surface area (Å²) in [6.45, 7) is 1.77. The van der Waals surface area contributed by atoms with Gasteiger partial charge in [-0.1, -0.05) is 22.5 Å². The van der Waals surface area contributed by atoms with Crippen LogP contribution >= 0.6 is 0 Å². The van der Waals surface area contributed by atoms with E-state index in [1.165, 1.54) is 0 Å². The lowest BCUT2D eigenvalue weighted by Gasteiger charge is -1.99. The third-order valence-corrected chi connectivity index (χ3v) is 2.39. The molecule has 0 aliphatic rings. The third kappa shape index (κ3) is 1.50. The van der Waals surface area contributed by atoms with Crippen LogP contribution in [0.4, 0.5) is 0 Å². The predicted molar refractivity (Wildman–Crippen MR) is 59.9 cm³/mol. The van der Waals surface area contributed by atoms with Crippen LogP contribution in [0, 0.1) is 6.92 Å². The molecule has 0 spiro atoms. The predicted octanol–water partition coefficient (Wildman–Crippen LogP) is 1.08. The van der Waals surface area contributed by atoms with Crippen molar-refractivity contribution in [3.8, 4) is 5.88 Å². The standard InChI is InChI=1S/C11H8N4O2/c1-7-6-10(17-13-7)15-11(16)8-4-2-3-5-9(8)12-14-15/h2-6H,1H3. The Labute approximate surface area is 95.5 Å². The Morgan fingerprint density at radius 1 is 1.29 bits per heavy atom. The van der Waals surface area contributed by atoms with Crippen molar-refractivity contribution in [2.24, 2.45) is 0 Å². The summed E-state index contributed by atoms with van der Waals surface area (Å²) in [4.78, 5) is 12.1. The lowest BCUT2D eigenvalue weighted by Crippen LogP contribution is -2.22. The molecule has 3 aromatic rings. The second kappa shape index (κ2) is 3.51. The van der Waals surface area contributed by atoms with Gasteiger partial charge < -0.3 is 4.52 Å². The molecule has 2 aromatic heterocycles. The molecule has 1 aromatic carbocycles. The Bertz CT molecular complexity index is 744. The Morgan fingerprint density at radius 3 is 2.88 bits per heavy atom. The highest BCUT2D eigenvalue weighted by Crippen LogP contribution is 2.08. The van der Waals surface area contributed by atoms with Crippen LogP contribution in [0.2, 0.25) is 0 Å². The number of benzene rings is 1. The molecule has 0 atom stereocenters. The van der Waals surface area contributed by atoms with Gasteiger partial charge in [-0.25, -0.2) is 0 Å². The summed E-state index contributed by atoms with van der Waals surface area (Å²) in [5.74, 6) is 0.269. The van der Waals surface area contributed by atoms with Crippen LogP contribution in [0.25, 0.3) is 16.8 Å². The van der Waals surface area contributed by atoms with Crippen LogP contribution in [0.15, 0.2) is 39.6 Å². The molecule has 6 nitrogen and oxygen atoms in total. The van der Waals surface area contributed by atoms with E-state index in [1.807, 2.05) is 0 Å². The number of hydrogen-bond acceptors (Lipinski definition) is 5. The minimum atomic E-state index is -0.272. The molecule has 0 unspecified atom stereocenters. The fourth-order valence-corrected chi connectivity index (χ4v) is 1.58. The van der Waals surface area contributed by atoms with Gasteiger partial charge in [0.25, 0.3) is 11.4 Å². The third-order valence-electron chi connectivity index (χ3n) is 2.39. The summed E-state index contributed by atoms with van der Waals surface area (Å²) < 4.78 is 6.09. The average molecular weight is 228 g/mol. The second-order valence-corrected chi connectivity index (χ2v) is 3.63. The molecule has 0 radical (unpaired) electrons. The van der Waals surface area contributed by atoms with E-state index in [9.17, 15) is 4.79 Å². The van der Waals surface area contributed by atoms with Crippen molar-refractivity contribution in [3.05, 3.63) is 46.4 Å². The van der Waals surface area contributed by atoms with Crippen LogP contribution in [-0.4, -0.2) is 20.2 Å². The topological polar surface area (TPSA) is 73.8 Å². The molecule has 0 aliphatic heterocycles. The molecule has 0 saturated heterocycles. The molecule has 0 fully saturated rings. The normalized spacial score (nSPS) is 10.9. The molecule has 0 bridgehead atoms. The fraction of sp³-hybridized carbons (Fsp3) is 0.0909. The lowest BCUT2D eigenvalue weighted by molar-refractivity contribution is 0.387. The first-order valence-corrected chi connectivity index (χ1v) is 5.04. The summed E-state index contributed by atoms with van der Waals surface area (Å²) in [5, 5.41) is 12.0. The van der Waals surface area contributed by atoms with E-state index in [0.717, 1.165) is 4.68 Å². The van der Waals surface area contributed by atoms with Gasteiger partial charge in [-0.3, -0.25) is 4.79 Å². The molecular weight excluding hydrogens is 220 g/mol. The van der Waals surface area contributed by atoms with Crippen LogP contribution in [-0.2, 0) is 0 Å². The summed E-state index contributed by atoms with van der Waals surface area (Å²) in [6.07, 6.45) is 0. The molecule has 17 heavy (non-hydrogen) atoms. The van der Waals surface area contributed by atoms with Gasteiger partial charge in [-0.15, -0.1) is 9.78 Å². The second-order valence-electron chi connectivity index (χ2n) is 3.63. The van der Waals surface area contributed by atoms with Gasteiger partial charge in [0.2, 0.25) is 0 Å². The number of aromatic nitrogens is 4. The van der Waals surface area contributed by atoms with Gasteiger partial charge in [-0.05, 0) is 19.1 Å². The monoisotopic (exact) mass is 228 g/mol. The van der Waals surface area contributed by atoms with E-state index in [-0.39, 0.29) is 11.4 Å².